The van der Waals surface area contributed by atoms with Gasteiger partial charge in [0.1, 0.15) is 11.6 Å². The van der Waals surface area contributed by atoms with E-state index in [1.54, 1.807) is 14.2 Å². The third-order valence-corrected chi connectivity index (χ3v) is 3.38. The lowest BCUT2D eigenvalue weighted by Crippen LogP contribution is -2.01. The van der Waals surface area contributed by atoms with Crippen LogP contribution in [0, 0.1) is 13.8 Å². The van der Waals surface area contributed by atoms with Gasteiger partial charge in [-0.1, -0.05) is 0 Å². The van der Waals surface area contributed by atoms with Gasteiger partial charge in [-0.2, -0.15) is 5.10 Å². The Morgan fingerprint density at radius 3 is 2.50 bits per heavy atom. The quantitative estimate of drug-likeness (QED) is 0.894. The van der Waals surface area contributed by atoms with E-state index in [1.807, 2.05) is 26.0 Å². The van der Waals surface area contributed by atoms with Crippen molar-refractivity contribution in [1.29, 1.82) is 0 Å². The minimum absolute atomic E-state index is 0.0773. The highest BCUT2D eigenvalue weighted by Gasteiger charge is 2.24. The molecular weight excluding hydrogens is 258 g/mol. The zero-order valence-corrected chi connectivity index (χ0v) is 11.9. The molecular formula is C14H17N3O3. The molecule has 0 aliphatic heterocycles. The third kappa shape index (κ3) is 2.09. The molecule has 0 aliphatic carbocycles. The van der Waals surface area contributed by atoms with Crippen LogP contribution in [0.15, 0.2) is 12.1 Å². The van der Waals surface area contributed by atoms with Crippen LogP contribution < -0.4 is 10.5 Å². The molecule has 6 heteroatoms. The minimum Gasteiger partial charge on any atom is -0.496 e. The summed E-state index contributed by atoms with van der Waals surface area (Å²) in [4.78, 5) is 11.3. The molecule has 0 unspecified atom stereocenters. The topological polar surface area (TPSA) is 90.4 Å². The summed E-state index contributed by atoms with van der Waals surface area (Å²) in [7, 11) is 3.15. The van der Waals surface area contributed by atoms with Crippen molar-refractivity contribution >= 4 is 11.8 Å². The Bertz CT molecular complexity index is 689. The Morgan fingerprint density at radius 1 is 1.35 bits per heavy atom. The van der Waals surface area contributed by atoms with Crippen LogP contribution in [0.1, 0.15) is 21.6 Å². The number of rotatable bonds is 3. The number of aromatic nitrogens is 2. The molecule has 1 heterocycles. The van der Waals surface area contributed by atoms with Crippen LogP contribution in [0.4, 0.5) is 5.82 Å². The molecule has 0 radical (unpaired) electrons. The first-order chi connectivity index (χ1) is 9.36. The monoisotopic (exact) mass is 275 g/mol. The first-order valence-corrected chi connectivity index (χ1v) is 6.08. The number of nitrogens with zero attached hydrogens (tertiary/aromatic N) is 2. The molecule has 0 amide bonds. The number of benzene rings is 1. The normalized spacial score (nSPS) is 10.6. The molecule has 20 heavy (non-hydrogen) atoms. The number of aryl methyl sites for hydroxylation is 3. The van der Waals surface area contributed by atoms with E-state index in [1.165, 1.54) is 4.68 Å². The maximum atomic E-state index is 11.3. The molecule has 0 spiro atoms. The number of carboxylic acids is 1. The fourth-order valence-electron chi connectivity index (χ4n) is 2.11. The molecule has 2 rings (SSSR count). The average Bonchev–Trinajstić information content (AvgIpc) is 2.69. The molecule has 0 saturated heterocycles. The first-order valence-electron chi connectivity index (χ1n) is 6.08. The van der Waals surface area contributed by atoms with Crippen molar-refractivity contribution in [3.05, 3.63) is 29.0 Å². The summed E-state index contributed by atoms with van der Waals surface area (Å²) in [6.45, 7) is 3.91. The predicted molar refractivity (Wildman–Crippen MR) is 76.0 cm³/mol. The van der Waals surface area contributed by atoms with Crippen LogP contribution in [0.5, 0.6) is 5.75 Å². The van der Waals surface area contributed by atoms with Crippen LogP contribution in [0.25, 0.3) is 11.1 Å². The number of hydrogen-bond donors (Lipinski definition) is 2. The lowest BCUT2D eigenvalue weighted by Gasteiger charge is -2.12. The van der Waals surface area contributed by atoms with Crippen molar-refractivity contribution in [2.45, 2.75) is 13.8 Å². The first kappa shape index (κ1) is 13.9. The second-order valence-electron chi connectivity index (χ2n) is 4.67. The van der Waals surface area contributed by atoms with E-state index in [9.17, 15) is 9.90 Å². The lowest BCUT2D eigenvalue weighted by molar-refractivity contribution is 0.0690. The van der Waals surface area contributed by atoms with Gasteiger partial charge in [-0.3, -0.25) is 4.68 Å². The van der Waals surface area contributed by atoms with Gasteiger partial charge in [-0.25, -0.2) is 4.79 Å². The largest absolute Gasteiger partial charge is 0.496 e. The molecule has 2 aromatic rings. The molecule has 0 fully saturated rings. The van der Waals surface area contributed by atoms with Crippen molar-refractivity contribution in [3.8, 4) is 16.9 Å². The number of nitrogens with two attached hydrogens (primary N) is 1. The van der Waals surface area contributed by atoms with E-state index < -0.39 is 5.97 Å². The van der Waals surface area contributed by atoms with E-state index in [0.717, 1.165) is 11.1 Å². The van der Waals surface area contributed by atoms with E-state index in [0.29, 0.717) is 22.7 Å². The van der Waals surface area contributed by atoms with E-state index in [-0.39, 0.29) is 5.69 Å². The Balaban J connectivity index is 2.80. The zero-order chi connectivity index (χ0) is 15.0. The van der Waals surface area contributed by atoms with Crippen molar-refractivity contribution in [3.63, 3.8) is 0 Å². The van der Waals surface area contributed by atoms with Gasteiger partial charge in [0.2, 0.25) is 0 Å². The smallest absolute Gasteiger partial charge is 0.357 e. The van der Waals surface area contributed by atoms with Crippen molar-refractivity contribution in [2.24, 2.45) is 7.05 Å². The number of ether oxygens (including phenoxy) is 1. The second kappa shape index (κ2) is 4.88. The van der Waals surface area contributed by atoms with E-state index in [4.69, 9.17) is 10.5 Å². The van der Waals surface area contributed by atoms with Crippen molar-refractivity contribution in [2.75, 3.05) is 12.8 Å². The van der Waals surface area contributed by atoms with Gasteiger partial charge >= 0.3 is 5.97 Å². The van der Waals surface area contributed by atoms with Crippen molar-refractivity contribution in [1.82, 2.24) is 9.78 Å². The number of methoxy groups -OCH3 is 1. The van der Waals surface area contributed by atoms with Crippen LogP contribution >= 0.6 is 0 Å². The Labute approximate surface area is 116 Å². The van der Waals surface area contributed by atoms with E-state index in [2.05, 4.69) is 5.10 Å². The minimum atomic E-state index is -1.12. The van der Waals surface area contributed by atoms with Crippen molar-refractivity contribution < 1.29 is 14.6 Å². The van der Waals surface area contributed by atoms with Gasteiger partial charge in [-0.05, 0) is 37.1 Å². The third-order valence-electron chi connectivity index (χ3n) is 3.38. The van der Waals surface area contributed by atoms with Gasteiger partial charge in [0, 0.05) is 12.6 Å². The summed E-state index contributed by atoms with van der Waals surface area (Å²) >= 11 is 0. The number of carboxylic acid groups (broad SMARTS) is 1. The van der Waals surface area contributed by atoms with Crippen LogP contribution in [0.3, 0.4) is 0 Å². The Morgan fingerprint density at radius 2 is 1.95 bits per heavy atom. The number of anilines is 1. The van der Waals surface area contributed by atoms with Gasteiger partial charge < -0.3 is 15.6 Å². The lowest BCUT2D eigenvalue weighted by atomic mass is 9.98. The average molecular weight is 275 g/mol. The fourth-order valence-corrected chi connectivity index (χ4v) is 2.11. The van der Waals surface area contributed by atoms with Crippen LogP contribution in [-0.2, 0) is 7.05 Å². The molecule has 0 atom stereocenters. The maximum Gasteiger partial charge on any atom is 0.357 e. The molecule has 0 aliphatic rings. The number of hydrogen-bond acceptors (Lipinski definition) is 4. The highest BCUT2D eigenvalue weighted by molar-refractivity contribution is 5.98. The summed E-state index contributed by atoms with van der Waals surface area (Å²) in [5.41, 5.74) is 9.00. The van der Waals surface area contributed by atoms with Gasteiger partial charge in [0.05, 0.1) is 12.7 Å². The second-order valence-corrected chi connectivity index (χ2v) is 4.67. The summed E-state index contributed by atoms with van der Waals surface area (Å²) in [6.07, 6.45) is 0. The van der Waals surface area contributed by atoms with Gasteiger partial charge in [0.25, 0.3) is 0 Å². The number of carbonyl (C=O) groups is 1. The number of aromatic carboxylic acids is 1. The standard InChI is InChI=1S/C14H17N3O3/c1-7-5-9(10(20-4)6-8(7)2)11-12(14(18)19)16-17(3)13(11)15/h5-6H,15H2,1-4H3,(H,18,19). The SMILES string of the molecule is COc1cc(C)c(C)cc1-c1c(C(=O)O)nn(C)c1N. The summed E-state index contributed by atoms with van der Waals surface area (Å²) in [5, 5.41) is 13.2. The molecule has 3 N–H and O–H groups in total. The molecule has 0 bridgehead atoms. The van der Waals surface area contributed by atoms with E-state index >= 15 is 0 Å². The summed E-state index contributed by atoms with van der Waals surface area (Å²) in [5.74, 6) is -0.244. The summed E-state index contributed by atoms with van der Waals surface area (Å²) < 4.78 is 6.70. The molecule has 0 saturated carbocycles. The Hall–Kier alpha value is -2.50. The maximum absolute atomic E-state index is 11.3. The van der Waals surface area contributed by atoms with Crippen LogP contribution in [-0.4, -0.2) is 28.0 Å². The van der Waals surface area contributed by atoms with Gasteiger partial charge in [0.15, 0.2) is 5.69 Å². The molecule has 1 aromatic carbocycles. The molecule has 1 aromatic heterocycles. The molecule has 106 valence electrons. The molecule has 6 nitrogen and oxygen atoms in total. The Kier molecular flexibility index (Phi) is 3.40. The van der Waals surface area contributed by atoms with Gasteiger partial charge in [-0.15, -0.1) is 0 Å². The summed E-state index contributed by atoms with van der Waals surface area (Å²) in [6, 6.07) is 3.73. The zero-order valence-electron chi connectivity index (χ0n) is 11.9. The van der Waals surface area contributed by atoms with Crippen LogP contribution in [0.2, 0.25) is 0 Å². The fraction of sp³-hybridized carbons (Fsp3) is 0.286. The predicted octanol–water partition coefficient (Wildman–Crippen LogP) is 1.99. The highest BCUT2D eigenvalue weighted by atomic mass is 16.5. The number of nitrogen functional groups attached to an aromatic ring is 1. The highest BCUT2D eigenvalue weighted by Crippen LogP contribution is 2.37.